The molecule has 0 saturated carbocycles. The molecule has 0 spiro atoms. The van der Waals surface area contributed by atoms with E-state index >= 15 is 0 Å². The predicted molar refractivity (Wildman–Crippen MR) is 81.5 cm³/mol. The first-order chi connectivity index (χ1) is 9.58. The molecule has 5 nitrogen and oxygen atoms in total. The minimum atomic E-state index is 0.167. The van der Waals surface area contributed by atoms with Crippen LogP contribution in [0.1, 0.15) is 39.5 Å². The maximum atomic E-state index is 11.9. The van der Waals surface area contributed by atoms with Gasteiger partial charge in [0.05, 0.1) is 6.54 Å². The number of piperidine rings is 1. The fourth-order valence-electron chi connectivity index (χ4n) is 3.16. The SMILES string of the molecule is CCC(C)NC(=O)CN1CCC(N2CCC(N)CC2)C1. The summed E-state index contributed by atoms with van der Waals surface area (Å²) in [5.41, 5.74) is 5.96. The summed E-state index contributed by atoms with van der Waals surface area (Å²) >= 11 is 0. The highest BCUT2D eigenvalue weighted by atomic mass is 16.2. The Morgan fingerprint density at radius 1 is 1.30 bits per heavy atom. The summed E-state index contributed by atoms with van der Waals surface area (Å²) in [6.45, 7) is 9.02. The van der Waals surface area contributed by atoms with E-state index < -0.39 is 0 Å². The molecule has 2 rings (SSSR count). The van der Waals surface area contributed by atoms with Gasteiger partial charge in [-0.15, -0.1) is 0 Å². The second-order valence-electron chi connectivity index (χ2n) is 6.43. The zero-order valence-electron chi connectivity index (χ0n) is 13.0. The molecule has 2 fully saturated rings. The fraction of sp³-hybridized carbons (Fsp3) is 0.933. The average molecular weight is 282 g/mol. The molecule has 0 radical (unpaired) electrons. The van der Waals surface area contributed by atoms with E-state index in [0.717, 1.165) is 45.4 Å². The lowest BCUT2D eigenvalue weighted by Crippen LogP contribution is -2.46. The van der Waals surface area contributed by atoms with E-state index in [2.05, 4.69) is 29.0 Å². The molecule has 2 atom stereocenters. The molecule has 2 unspecified atom stereocenters. The van der Waals surface area contributed by atoms with Gasteiger partial charge < -0.3 is 11.1 Å². The first-order valence-corrected chi connectivity index (χ1v) is 8.09. The minimum absolute atomic E-state index is 0.167. The van der Waals surface area contributed by atoms with Crippen LogP contribution < -0.4 is 11.1 Å². The van der Waals surface area contributed by atoms with Crippen molar-refractivity contribution in [3.63, 3.8) is 0 Å². The van der Waals surface area contributed by atoms with Crippen molar-refractivity contribution < 1.29 is 4.79 Å². The number of nitrogens with zero attached hydrogens (tertiary/aromatic N) is 2. The van der Waals surface area contributed by atoms with Crippen molar-refractivity contribution in [3.05, 3.63) is 0 Å². The minimum Gasteiger partial charge on any atom is -0.353 e. The van der Waals surface area contributed by atoms with Crippen LogP contribution in [0.4, 0.5) is 0 Å². The summed E-state index contributed by atoms with van der Waals surface area (Å²) in [4.78, 5) is 16.8. The third-order valence-electron chi connectivity index (χ3n) is 4.73. The molecule has 20 heavy (non-hydrogen) atoms. The summed E-state index contributed by atoms with van der Waals surface area (Å²) < 4.78 is 0. The second-order valence-corrected chi connectivity index (χ2v) is 6.43. The number of carbonyl (C=O) groups is 1. The summed E-state index contributed by atoms with van der Waals surface area (Å²) in [6.07, 6.45) is 4.41. The Hall–Kier alpha value is -0.650. The van der Waals surface area contributed by atoms with Gasteiger partial charge in [0.15, 0.2) is 0 Å². The van der Waals surface area contributed by atoms with E-state index in [0.29, 0.717) is 18.6 Å². The van der Waals surface area contributed by atoms with Crippen LogP contribution in [0.15, 0.2) is 0 Å². The lowest BCUT2D eigenvalue weighted by atomic mass is 10.0. The molecule has 3 N–H and O–H groups in total. The van der Waals surface area contributed by atoms with E-state index in [9.17, 15) is 4.79 Å². The summed E-state index contributed by atoms with van der Waals surface area (Å²) in [7, 11) is 0. The van der Waals surface area contributed by atoms with Gasteiger partial charge >= 0.3 is 0 Å². The Bertz CT molecular complexity index is 315. The second kappa shape index (κ2) is 7.38. The van der Waals surface area contributed by atoms with Gasteiger partial charge in [0, 0.05) is 31.2 Å². The van der Waals surface area contributed by atoms with Crippen molar-refractivity contribution in [1.29, 1.82) is 0 Å². The molecule has 5 heteroatoms. The molecule has 0 aromatic rings. The van der Waals surface area contributed by atoms with Gasteiger partial charge in [0.2, 0.25) is 5.91 Å². The third kappa shape index (κ3) is 4.43. The van der Waals surface area contributed by atoms with Gasteiger partial charge in [0.25, 0.3) is 0 Å². The summed E-state index contributed by atoms with van der Waals surface area (Å²) in [5.74, 6) is 0.167. The molecule has 2 aliphatic heterocycles. The van der Waals surface area contributed by atoms with Crippen molar-refractivity contribution in [2.75, 3.05) is 32.7 Å². The molecule has 0 aromatic carbocycles. The van der Waals surface area contributed by atoms with Crippen molar-refractivity contribution in [1.82, 2.24) is 15.1 Å². The highest BCUT2D eigenvalue weighted by molar-refractivity contribution is 5.78. The first kappa shape index (κ1) is 15.7. The predicted octanol–water partition coefficient (Wildman–Crippen LogP) is 0.399. The molecular formula is C15H30N4O. The Morgan fingerprint density at radius 3 is 2.65 bits per heavy atom. The van der Waals surface area contributed by atoms with Gasteiger partial charge in [-0.25, -0.2) is 0 Å². The van der Waals surface area contributed by atoms with Gasteiger partial charge in [0.1, 0.15) is 0 Å². The number of nitrogens with one attached hydrogen (secondary N) is 1. The number of nitrogens with two attached hydrogens (primary N) is 1. The van der Waals surface area contributed by atoms with E-state index in [1.165, 1.54) is 6.42 Å². The molecule has 1 amide bonds. The van der Waals surface area contributed by atoms with Crippen molar-refractivity contribution in [3.8, 4) is 0 Å². The number of amides is 1. The third-order valence-corrected chi connectivity index (χ3v) is 4.73. The lowest BCUT2D eigenvalue weighted by molar-refractivity contribution is -0.122. The number of likely N-dealkylation sites (tertiary alicyclic amines) is 2. The zero-order valence-corrected chi connectivity index (χ0v) is 13.0. The van der Waals surface area contributed by atoms with Crippen LogP contribution in [0.2, 0.25) is 0 Å². The lowest BCUT2D eigenvalue weighted by Gasteiger charge is -2.34. The Morgan fingerprint density at radius 2 is 2.00 bits per heavy atom. The van der Waals surface area contributed by atoms with E-state index in [1.807, 2.05) is 0 Å². The maximum absolute atomic E-state index is 11.9. The van der Waals surface area contributed by atoms with Crippen LogP contribution in [-0.2, 0) is 4.79 Å². The van der Waals surface area contributed by atoms with E-state index in [-0.39, 0.29) is 11.9 Å². The Kier molecular flexibility index (Phi) is 5.81. The number of hydrogen-bond acceptors (Lipinski definition) is 4. The number of rotatable bonds is 5. The van der Waals surface area contributed by atoms with Gasteiger partial charge in [-0.2, -0.15) is 0 Å². The molecule has 2 heterocycles. The smallest absolute Gasteiger partial charge is 0.234 e. The molecule has 0 aromatic heterocycles. The van der Waals surface area contributed by atoms with E-state index in [4.69, 9.17) is 5.73 Å². The molecule has 2 aliphatic rings. The Labute approximate surface area is 122 Å². The van der Waals surface area contributed by atoms with Crippen LogP contribution in [0.5, 0.6) is 0 Å². The standard InChI is InChI=1S/C15H30N4O/c1-3-12(2)17-15(20)11-18-7-6-14(10-18)19-8-4-13(16)5-9-19/h12-14H,3-11,16H2,1-2H3,(H,17,20). The number of hydrogen-bond donors (Lipinski definition) is 2. The van der Waals surface area contributed by atoms with Crippen molar-refractivity contribution in [2.45, 2.75) is 57.7 Å². The topological polar surface area (TPSA) is 61.6 Å². The van der Waals surface area contributed by atoms with Gasteiger partial charge in [-0.3, -0.25) is 14.6 Å². The first-order valence-electron chi connectivity index (χ1n) is 8.09. The van der Waals surface area contributed by atoms with Crippen LogP contribution in [0, 0.1) is 0 Å². The van der Waals surface area contributed by atoms with Crippen LogP contribution in [0.3, 0.4) is 0 Å². The quantitative estimate of drug-likeness (QED) is 0.766. The highest BCUT2D eigenvalue weighted by Gasteiger charge is 2.30. The van der Waals surface area contributed by atoms with Gasteiger partial charge in [-0.1, -0.05) is 6.92 Å². The Balaban J connectivity index is 1.71. The van der Waals surface area contributed by atoms with Crippen molar-refractivity contribution >= 4 is 5.91 Å². The molecule has 0 bridgehead atoms. The van der Waals surface area contributed by atoms with Crippen molar-refractivity contribution in [2.24, 2.45) is 5.73 Å². The zero-order chi connectivity index (χ0) is 14.5. The largest absolute Gasteiger partial charge is 0.353 e. The number of carbonyl (C=O) groups excluding carboxylic acids is 1. The normalized spacial score (nSPS) is 27.6. The average Bonchev–Trinajstić information content (AvgIpc) is 2.87. The highest BCUT2D eigenvalue weighted by Crippen LogP contribution is 2.19. The van der Waals surface area contributed by atoms with Crippen LogP contribution in [0.25, 0.3) is 0 Å². The maximum Gasteiger partial charge on any atom is 0.234 e. The van der Waals surface area contributed by atoms with E-state index in [1.54, 1.807) is 0 Å². The summed E-state index contributed by atoms with van der Waals surface area (Å²) in [5, 5.41) is 3.05. The molecule has 116 valence electrons. The molecule has 2 saturated heterocycles. The fourth-order valence-corrected chi connectivity index (χ4v) is 3.16. The molecule has 0 aliphatic carbocycles. The molecular weight excluding hydrogens is 252 g/mol. The van der Waals surface area contributed by atoms with Crippen LogP contribution in [-0.4, -0.2) is 66.6 Å². The van der Waals surface area contributed by atoms with Crippen LogP contribution >= 0.6 is 0 Å². The summed E-state index contributed by atoms with van der Waals surface area (Å²) in [6, 6.07) is 1.30. The van der Waals surface area contributed by atoms with Gasteiger partial charge in [-0.05, 0) is 45.7 Å². The monoisotopic (exact) mass is 282 g/mol.